The van der Waals surface area contributed by atoms with Crippen molar-refractivity contribution in [3.8, 4) is 11.5 Å². The van der Waals surface area contributed by atoms with Crippen LogP contribution in [-0.2, 0) is 6.61 Å². The van der Waals surface area contributed by atoms with Crippen LogP contribution in [-0.4, -0.2) is 15.1 Å². The van der Waals surface area contributed by atoms with Gasteiger partial charge in [0.15, 0.2) is 0 Å². The maximum Gasteiger partial charge on any atom is 0.133 e. The van der Waals surface area contributed by atoms with Crippen LogP contribution in [0.25, 0.3) is 11.0 Å². The highest BCUT2D eigenvalue weighted by Gasteiger charge is 2.07. The number of aromatic amines is 1. The summed E-state index contributed by atoms with van der Waals surface area (Å²) in [5, 5.41) is 9.42. The number of hydrogen-bond donors (Lipinski definition) is 2. The zero-order chi connectivity index (χ0) is 13.2. The number of aliphatic hydroxyl groups is 1. The first kappa shape index (κ1) is 11.7. The molecule has 3 rings (SSSR count). The summed E-state index contributed by atoms with van der Waals surface area (Å²) in [5.41, 5.74) is 3.66. The van der Waals surface area contributed by atoms with Crippen LogP contribution < -0.4 is 4.74 Å². The fourth-order valence-electron chi connectivity index (χ4n) is 2.08. The molecule has 0 fully saturated rings. The van der Waals surface area contributed by atoms with E-state index in [1.165, 1.54) is 0 Å². The molecule has 0 bridgehead atoms. The molecule has 2 N–H and O–H groups in total. The van der Waals surface area contributed by atoms with Gasteiger partial charge in [-0.05, 0) is 30.7 Å². The van der Waals surface area contributed by atoms with Crippen LogP contribution in [0.2, 0.25) is 0 Å². The van der Waals surface area contributed by atoms with E-state index in [-0.39, 0.29) is 6.61 Å². The first-order valence-corrected chi connectivity index (χ1v) is 6.08. The van der Waals surface area contributed by atoms with Gasteiger partial charge in [0.2, 0.25) is 0 Å². The van der Waals surface area contributed by atoms with Crippen molar-refractivity contribution in [1.29, 1.82) is 0 Å². The molecule has 19 heavy (non-hydrogen) atoms. The number of ether oxygens (including phenoxy) is 1. The topological polar surface area (TPSA) is 58.1 Å². The average Bonchev–Trinajstić information content (AvgIpc) is 2.86. The number of benzene rings is 2. The Balaban J connectivity index is 1.98. The van der Waals surface area contributed by atoms with Gasteiger partial charge in [-0.3, -0.25) is 0 Å². The standard InChI is InChI=1S/C15H14N2O2/c1-10-3-2-4-15(12(10)8-18)19-11-5-6-13-14(7-11)17-9-16-13/h2-7,9,18H,8H2,1H3,(H,16,17). The summed E-state index contributed by atoms with van der Waals surface area (Å²) < 4.78 is 5.85. The SMILES string of the molecule is Cc1cccc(Oc2ccc3nc[nH]c3c2)c1CO. The van der Waals surface area contributed by atoms with Crippen molar-refractivity contribution in [3.63, 3.8) is 0 Å². The summed E-state index contributed by atoms with van der Waals surface area (Å²) in [7, 11) is 0. The number of aromatic nitrogens is 2. The fraction of sp³-hybridized carbons (Fsp3) is 0.133. The van der Waals surface area contributed by atoms with E-state index in [4.69, 9.17) is 4.74 Å². The zero-order valence-corrected chi connectivity index (χ0v) is 10.6. The minimum Gasteiger partial charge on any atom is -0.457 e. The first-order valence-electron chi connectivity index (χ1n) is 6.08. The molecule has 0 saturated heterocycles. The maximum atomic E-state index is 9.42. The van der Waals surface area contributed by atoms with Gasteiger partial charge in [-0.25, -0.2) is 4.98 Å². The van der Waals surface area contributed by atoms with Gasteiger partial charge < -0.3 is 14.8 Å². The minimum atomic E-state index is -0.0334. The molecule has 96 valence electrons. The predicted octanol–water partition coefficient (Wildman–Crippen LogP) is 3.16. The van der Waals surface area contributed by atoms with E-state index < -0.39 is 0 Å². The molecule has 4 heteroatoms. The molecule has 0 aliphatic carbocycles. The molecule has 0 spiro atoms. The van der Waals surface area contributed by atoms with Crippen molar-refractivity contribution in [2.45, 2.75) is 13.5 Å². The van der Waals surface area contributed by atoms with Crippen LogP contribution >= 0.6 is 0 Å². The van der Waals surface area contributed by atoms with Gasteiger partial charge in [-0.15, -0.1) is 0 Å². The third kappa shape index (κ3) is 2.18. The number of imidazole rings is 1. The first-order chi connectivity index (χ1) is 9.28. The largest absolute Gasteiger partial charge is 0.457 e. The molecule has 0 aliphatic heterocycles. The second-order valence-electron chi connectivity index (χ2n) is 4.39. The van der Waals surface area contributed by atoms with Crippen molar-refractivity contribution >= 4 is 11.0 Å². The molecule has 0 unspecified atom stereocenters. The monoisotopic (exact) mass is 254 g/mol. The van der Waals surface area contributed by atoms with Gasteiger partial charge in [0.25, 0.3) is 0 Å². The Hall–Kier alpha value is -2.33. The van der Waals surface area contributed by atoms with Crippen LogP contribution in [0.4, 0.5) is 0 Å². The van der Waals surface area contributed by atoms with E-state index in [0.717, 1.165) is 27.9 Å². The molecule has 0 saturated carbocycles. The number of hydrogen-bond acceptors (Lipinski definition) is 3. The van der Waals surface area contributed by atoms with Crippen LogP contribution in [0.15, 0.2) is 42.7 Å². The van der Waals surface area contributed by atoms with E-state index in [0.29, 0.717) is 5.75 Å². The Labute approximate surface area is 110 Å². The highest BCUT2D eigenvalue weighted by molar-refractivity contribution is 5.76. The smallest absolute Gasteiger partial charge is 0.133 e. The molecule has 0 radical (unpaired) electrons. The lowest BCUT2D eigenvalue weighted by Gasteiger charge is -2.11. The summed E-state index contributed by atoms with van der Waals surface area (Å²) in [5.74, 6) is 1.40. The van der Waals surface area contributed by atoms with Crippen LogP contribution in [0.3, 0.4) is 0 Å². The number of fused-ring (bicyclic) bond motifs is 1. The normalized spacial score (nSPS) is 10.8. The lowest BCUT2D eigenvalue weighted by Crippen LogP contribution is -1.94. The fourth-order valence-corrected chi connectivity index (χ4v) is 2.08. The minimum absolute atomic E-state index is 0.0334. The van der Waals surface area contributed by atoms with Gasteiger partial charge in [0, 0.05) is 11.6 Å². The second kappa shape index (κ2) is 4.74. The van der Waals surface area contributed by atoms with Crippen LogP contribution in [0, 0.1) is 6.92 Å². The predicted molar refractivity (Wildman–Crippen MR) is 73.3 cm³/mol. The summed E-state index contributed by atoms with van der Waals surface area (Å²) in [6.45, 7) is 1.92. The lowest BCUT2D eigenvalue weighted by atomic mass is 10.1. The Bertz CT molecular complexity index is 719. The third-order valence-corrected chi connectivity index (χ3v) is 3.14. The quantitative estimate of drug-likeness (QED) is 0.754. The molecule has 4 nitrogen and oxygen atoms in total. The number of nitrogens with one attached hydrogen (secondary N) is 1. The average molecular weight is 254 g/mol. The number of aryl methyl sites for hydroxylation is 1. The molecule has 2 aromatic carbocycles. The van der Waals surface area contributed by atoms with E-state index in [2.05, 4.69) is 9.97 Å². The lowest BCUT2D eigenvalue weighted by molar-refractivity contribution is 0.275. The Kier molecular flexibility index (Phi) is 2.93. The van der Waals surface area contributed by atoms with Gasteiger partial charge in [0.1, 0.15) is 11.5 Å². The molecule has 3 aromatic rings. The molecule has 0 amide bonds. The van der Waals surface area contributed by atoms with Gasteiger partial charge >= 0.3 is 0 Å². The van der Waals surface area contributed by atoms with Gasteiger partial charge in [0.05, 0.1) is 24.0 Å². The molecular formula is C15H14N2O2. The number of rotatable bonds is 3. The molecule has 1 heterocycles. The van der Waals surface area contributed by atoms with Crippen molar-refractivity contribution in [3.05, 3.63) is 53.9 Å². The summed E-state index contributed by atoms with van der Waals surface area (Å²) in [4.78, 5) is 7.21. The number of nitrogens with zero attached hydrogens (tertiary/aromatic N) is 1. The van der Waals surface area contributed by atoms with E-state index >= 15 is 0 Å². The zero-order valence-electron chi connectivity index (χ0n) is 10.6. The van der Waals surface area contributed by atoms with Crippen molar-refractivity contribution in [1.82, 2.24) is 9.97 Å². The summed E-state index contributed by atoms with van der Waals surface area (Å²) >= 11 is 0. The number of H-pyrrole nitrogens is 1. The van der Waals surface area contributed by atoms with E-state index in [9.17, 15) is 5.11 Å². The van der Waals surface area contributed by atoms with E-state index in [1.807, 2.05) is 43.3 Å². The molecule has 0 aliphatic rings. The Morgan fingerprint density at radius 1 is 1.26 bits per heavy atom. The maximum absolute atomic E-state index is 9.42. The number of aliphatic hydroxyl groups excluding tert-OH is 1. The van der Waals surface area contributed by atoms with Crippen LogP contribution in [0.1, 0.15) is 11.1 Å². The van der Waals surface area contributed by atoms with Crippen molar-refractivity contribution in [2.24, 2.45) is 0 Å². The van der Waals surface area contributed by atoms with Gasteiger partial charge in [-0.1, -0.05) is 12.1 Å². The van der Waals surface area contributed by atoms with E-state index in [1.54, 1.807) is 6.33 Å². The highest BCUT2D eigenvalue weighted by atomic mass is 16.5. The summed E-state index contributed by atoms with van der Waals surface area (Å²) in [6.07, 6.45) is 1.65. The molecule has 1 aromatic heterocycles. The van der Waals surface area contributed by atoms with Crippen molar-refractivity contribution in [2.75, 3.05) is 0 Å². The Morgan fingerprint density at radius 2 is 2.16 bits per heavy atom. The van der Waals surface area contributed by atoms with Crippen LogP contribution in [0.5, 0.6) is 11.5 Å². The van der Waals surface area contributed by atoms with Crippen molar-refractivity contribution < 1.29 is 9.84 Å². The van der Waals surface area contributed by atoms with Gasteiger partial charge in [-0.2, -0.15) is 0 Å². The second-order valence-corrected chi connectivity index (χ2v) is 4.39. The summed E-state index contributed by atoms with van der Waals surface area (Å²) in [6, 6.07) is 11.4. The molecular weight excluding hydrogens is 240 g/mol. The highest BCUT2D eigenvalue weighted by Crippen LogP contribution is 2.28. The molecule has 0 atom stereocenters. The Morgan fingerprint density at radius 3 is 3.00 bits per heavy atom. The third-order valence-electron chi connectivity index (χ3n) is 3.14.